The first kappa shape index (κ1) is 36.4. The molecule has 0 aliphatic rings. The van der Waals surface area contributed by atoms with Gasteiger partial charge in [-0.1, -0.05) is 176 Å². The van der Waals surface area contributed by atoms with Crippen LogP contribution in [0, 0.1) is 0 Å². The fourth-order valence-corrected chi connectivity index (χ4v) is 12.6. The minimum absolute atomic E-state index is 0.646. The van der Waals surface area contributed by atoms with E-state index in [9.17, 15) is 0 Å². The number of rotatable bonds is 8. The van der Waals surface area contributed by atoms with E-state index in [1.165, 1.54) is 57.6 Å². The molecule has 4 heteroatoms. The second-order valence-electron chi connectivity index (χ2n) is 15.2. The van der Waals surface area contributed by atoms with E-state index in [4.69, 9.17) is 15.0 Å². The number of nitrogens with zero attached hydrogens (tertiary/aromatic N) is 3. The molecule has 10 aromatic carbocycles. The molecule has 0 radical (unpaired) electrons. The number of benzene rings is 10. The van der Waals surface area contributed by atoms with E-state index in [0.717, 1.165) is 22.1 Å². The largest absolute Gasteiger partial charge is 0.208 e. The highest BCUT2D eigenvalue weighted by Gasteiger charge is 2.33. The van der Waals surface area contributed by atoms with Gasteiger partial charge in [0, 0.05) is 36.3 Å². The van der Waals surface area contributed by atoms with Gasteiger partial charge in [-0.3, -0.25) is 0 Å². The molecule has 11 aromatic rings. The number of fused-ring (bicyclic) bond motifs is 6. The van der Waals surface area contributed by atoms with Crippen LogP contribution in [-0.4, -0.2) is 15.0 Å². The highest BCUT2D eigenvalue weighted by molar-refractivity contribution is 8.34. The van der Waals surface area contributed by atoms with Gasteiger partial charge < -0.3 is 0 Å². The van der Waals surface area contributed by atoms with Crippen LogP contribution in [0.5, 0.6) is 0 Å². The van der Waals surface area contributed by atoms with Crippen molar-refractivity contribution in [2.45, 2.75) is 19.6 Å². The van der Waals surface area contributed by atoms with Crippen molar-refractivity contribution in [2.24, 2.45) is 0 Å². The molecule has 0 unspecified atom stereocenters. The average Bonchev–Trinajstić information content (AvgIpc) is 3.35. The third-order valence-electron chi connectivity index (χ3n) is 11.6. The molecule has 1 heterocycles. The molecule has 288 valence electrons. The predicted octanol–water partition coefficient (Wildman–Crippen LogP) is 15.3. The van der Waals surface area contributed by atoms with Gasteiger partial charge >= 0.3 is 0 Å². The third kappa shape index (κ3) is 6.46. The van der Waals surface area contributed by atoms with E-state index in [-0.39, 0.29) is 0 Å². The summed E-state index contributed by atoms with van der Waals surface area (Å²) in [7, 11) is -1.78. The van der Waals surface area contributed by atoms with E-state index in [2.05, 4.69) is 176 Å². The predicted molar refractivity (Wildman–Crippen MR) is 254 cm³/mol. The lowest BCUT2D eigenvalue weighted by Crippen LogP contribution is -2.05. The Morgan fingerprint density at radius 1 is 0.213 bits per heavy atom. The summed E-state index contributed by atoms with van der Waals surface area (Å²) in [6.45, 7) is 0. The van der Waals surface area contributed by atoms with Crippen LogP contribution in [0.4, 0.5) is 0 Å². The maximum atomic E-state index is 5.06. The summed E-state index contributed by atoms with van der Waals surface area (Å²) in [6, 6.07) is 85.0. The smallest absolute Gasteiger partial charge is 0.164 e. The second kappa shape index (κ2) is 15.5. The molecule has 0 atom stereocenters. The van der Waals surface area contributed by atoms with E-state index in [1.54, 1.807) is 0 Å². The molecule has 0 amide bonds. The fourth-order valence-electron chi connectivity index (χ4n) is 8.75. The topological polar surface area (TPSA) is 38.7 Å². The SMILES string of the molecule is c1ccc(-c2nc(-c3ccccc3)nc(-c3ccc4c5cc(-c6ccc(S(c7ccccc7)(c7ccccc7)c7ccccc7)cc6)ccc5c5ccccc5c4c3)n2)cc1. The zero-order chi connectivity index (χ0) is 40.6. The van der Waals surface area contributed by atoms with Crippen molar-refractivity contribution >= 4 is 42.3 Å². The summed E-state index contributed by atoms with van der Waals surface area (Å²) in [5.41, 5.74) is 5.21. The highest BCUT2D eigenvalue weighted by atomic mass is 32.3. The van der Waals surface area contributed by atoms with Crippen molar-refractivity contribution in [3.63, 3.8) is 0 Å². The van der Waals surface area contributed by atoms with Crippen LogP contribution in [0.25, 0.3) is 77.6 Å². The van der Waals surface area contributed by atoms with E-state index in [1.807, 2.05) is 60.7 Å². The minimum atomic E-state index is -1.78. The first-order valence-electron chi connectivity index (χ1n) is 20.6. The summed E-state index contributed by atoms with van der Waals surface area (Å²) < 4.78 is 0. The maximum absolute atomic E-state index is 5.06. The molecule has 0 N–H and O–H groups in total. The standard InChI is InChI=1S/C57H39N3S/c1-6-18-41(19-7-1)55-58-56(42-20-8-2-9-21-42)60-57(59-55)44-33-37-52-53-38-43(32-36-51(53)49-28-16-17-29-50(49)54(52)39-44)40-30-34-48(35-31-40)61(45-22-10-3-11-23-45,46-24-12-4-13-25-46)47-26-14-5-15-27-47/h1-39H. The van der Waals surface area contributed by atoms with Crippen molar-refractivity contribution in [1.29, 1.82) is 0 Å². The Labute approximate surface area is 357 Å². The highest BCUT2D eigenvalue weighted by Crippen LogP contribution is 2.73. The Hall–Kier alpha value is -7.66. The summed E-state index contributed by atoms with van der Waals surface area (Å²) in [5.74, 6) is 1.95. The number of hydrogen-bond donors (Lipinski definition) is 0. The van der Waals surface area contributed by atoms with Gasteiger partial charge in [-0.15, -0.1) is 10.0 Å². The Bertz CT molecular complexity index is 3170. The molecule has 0 saturated heterocycles. The molecule has 11 rings (SSSR count). The average molecular weight is 798 g/mol. The van der Waals surface area contributed by atoms with Crippen LogP contribution in [0.3, 0.4) is 0 Å². The van der Waals surface area contributed by atoms with Crippen molar-refractivity contribution < 1.29 is 0 Å². The molecule has 0 spiro atoms. The van der Waals surface area contributed by atoms with Gasteiger partial charge in [0.05, 0.1) is 0 Å². The van der Waals surface area contributed by atoms with Gasteiger partial charge in [-0.05, 0) is 104 Å². The third-order valence-corrected chi connectivity index (χ3v) is 15.5. The van der Waals surface area contributed by atoms with Crippen LogP contribution < -0.4 is 0 Å². The second-order valence-corrected chi connectivity index (χ2v) is 18.3. The molecule has 61 heavy (non-hydrogen) atoms. The first-order chi connectivity index (χ1) is 30.2. The van der Waals surface area contributed by atoms with Crippen molar-refractivity contribution in [3.8, 4) is 45.3 Å². The molecule has 0 saturated carbocycles. The summed E-state index contributed by atoms with van der Waals surface area (Å²) >= 11 is 0. The minimum Gasteiger partial charge on any atom is -0.208 e. The van der Waals surface area contributed by atoms with Crippen molar-refractivity contribution in [1.82, 2.24) is 15.0 Å². The van der Waals surface area contributed by atoms with Crippen LogP contribution in [0.1, 0.15) is 0 Å². The van der Waals surface area contributed by atoms with Crippen LogP contribution >= 0.6 is 10.0 Å². The van der Waals surface area contributed by atoms with E-state index < -0.39 is 10.0 Å². The molecule has 0 aliphatic carbocycles. The van der Waals surface area contributed by atoms with Gasteiger partial charge in [0.2, 0.25) is 0 Å². The Morgan fingerprint density at radius 2 is 0.525 bits per heavy atom. The maximum Gasteiger partial charge on any atom is 0.164 e. The number of aromatic nitrogens is 3. The van der Waals surface area contributed by atoms with Gasteiger partial charge in [-0.2, -0.15) is 0 Å². The number of hydrogen-bond acceptors (Lipinski definition) is 3. The van der Waals surface area contributed by atoms with Gasteiger partial charge in [0.25, 0.3) is 0 Å². The van der Waals surface area contributed by atoms with Crippen LogP contribution in [0.15, 0.2) is 256 Å². The normalized spacial score (nSPS) is 11.9. The Morgan fingerprint density at radius 3 is 1.00 bits per heavy atom. The molecular weight excluding hydrogens is 759 g/mol. The fraction of sp³-hybridized carbons (Fsp3) is 0. The lowest BCUT2D eigenvalue weighted by molar-refractivity contribution is 1.07. The molecule has 0 bridgehead atoms. The summed E-state index contributed by atoms with van der Waals surface area (Å²) in [4.78, 5) is 20.3. The summed E-state index contributed by atoms with van der Waals surface area (Å²) in [5, 5.41) is 7.22. The lowest BCUT2D eigenvalue weighted by atomic mass is 9.91. The zero-order valence-corrected chi connectivity index (χ0v) is 34.1. The first-order valence-corrected chi connectivity index (χ1v) is 22.2. The quantitative estimate of drug-likeness (QED) is 0.144. The van der Waals surface area contributed by atoms with Crippen LogP contribution in [0.2, 0.25) is 0 Å². The lowest BCUT2D eigenvalue weighted by Gasteiger charge is -2.42. The molecular formula is C57H39N3S. The van der Waals surface area contributed by atoms with E-state index >= 15 is 0 Å². The van der Waals surface area contributed by atoms with Gasteiger partial charge in [-0.25, -0.2) is 15.0 Å². The molecule has 0 fully saturated rings. The molecule has 1 aromatic heterocycles. The monoisotopic (exact) mass is 797 g/mol. The molecule has 0 aliphatic heterocycles. The zero-order valence-electron chi connectivity index (χ0n) is 33.3. The molecule has 3 nitrogen and oxygen atoms in total. The summed E-state index contributed by atoms with van der Waals surface area (Å²) in [6.07, 6.45) is 0. The Kier molecular flexibility index (Phi) is 9.26. The van der Waals surface area contributed by atoms with E-state index in [0.29, 0.717) is 17.5 Å². The van der Waals surface area contributed by atoms with Crippen molar-refractivity contribution in [3.05, 3.63) is 237 Å². The van der Waals surface area contributed by atoms with Crippen molar-refractivity contribution in [2.75, 3.05) is 0 Å². The van der Waals surface area contributed by atoms with Crippen LogP contribution in [-0.2, 0) is 0 Å². The van der Waals surface area contributed by atoms with Gasteiger partial charge in [0.1, 0.15) is 0 Å². The van der Waals surface area contributed by atoms with Gasteiger partial charge in [0.15, 0.2) is 17.5 Å². The Balaban J connectivity index is 1.06.